The number of carbonyl (C=O) groups is 1. The standard InChI is InChI=1S/C10H14OS/c1-7(4-8(2)11)10-5-9(3)12-6-10/h5-7H,4H2,1-3H3. The first-order valence-corrected chi connectivity index (χ1v) is 5.02. The minimum Gasteiger partial charge on any atom is -0.300 e. The largest absolute Gasteiger partial charge is 0.300 e. The fourth-order valence-corrected chi connectivity index (χ4v) is 2.10. The van der Waals surface area contributed by atoms with Crippen LogP contribution in [0.1, 0.15) is 36.6 Å². The van der Waals surface area contributed by atoms with E-state index >= 15 is 0 Å². The first kappa shape index (κ1) is 9.46. The summed E-state index contributed by atoms with van der Waals surface area (Å²) in [5, 5.41) is 2.14. The third kappa shape index (κ3) is 2.45. The van der Waals surface area contributed by atoms with Crippen molar-refractivity contribution in [2.75, 3.05) is 0 Å². The van der Waals surface area contributed by atoms with Gasteiger partial charge in [0, 0.05) is 11.3 Å². The van der Waals surface area contributed by atoms with Crippen molar-refractivity contribution in [3.63, 3.8) is 0 Å². The number of ketones is 1. The van der Waals surface area contributed by atoms with Crippen LogP contribution in [0.3, 0.4) is 0 Å². The Bertz CT molecular complexity index is 275. The van der Waals surface area contributed by atoms with E-state index in [1.165, 1.54) is 10.4 Å². The maximum atomic E-state index is 10.8. The number of aryl methyl sites for hydroxylation is 1. The van der Waals surface area contributed by atoms with Crippen LogP contribution in [0.15, 0.2) is 11.4 Å². The molecule has 2 heteroatoms. The van der Waals surface area contributed by atoms with Gasteiger partial charge in [0.1, 0.15) is 5.78 Å². The zero-order chi connectivity index (χ0) is 9.14. The van der Waals surface area contributed by atoms with Gasteiger partial charge in [-0.05, 0) is 36.8 Å². The fourth-order valence-electron chi connectivity index (χ4n) is 1.27. The van der Waals surface area contributed by atoms with Gasteiger partial charge in [-0.1, -0.05) is 6.92 Å². The van der Waals surface area contributed by atoms with E-state index in [0.717, 1.165) is 0 Å². The van der Waals surface area contributed by atoms with Gasteiger partial charge in [-0.15, -0.1) is 11.3 Å². The van der Waals surface area contributed by atoms with E-state index < -0.39 is 0 Å². The Kier molecular flexibility index (Phi) is 3.04. The van der Waals surface area contributed by atoms with Crippen molar-refractivity contribution < 1.29 is 4.79 Å². The molecule has 12 heavy (non-hydrogen) atoms. The van der Waals surface area contributed by atoms with Crippen LogP contribution >= 0.6 is 11.3 Å². The maximum Gasteiger partial charge on any atom is 0.130 e. The summed E-state index contributed by atoms with van der Waals surface area (Å²) >= 11 is 1.75. The van der Waals surface area contributed by atoms with Gasteiger partial charge in [-0.25, -0.2) is 0 Å². The molecule has 0 amide bonds. The molecule has 0 N–H and O–H groups in total. The maximum absolute atomic E-state index is 10.8. The van der Waals surface area contributed by atoms with Crippen LogP contribution in [0, 0.1) is 6.92 Å². The van der Waals surface area contributed by atoms with E-state index in [9.17, 15) is 4.79 Å². The molecule has 0 aliphatic heterocycles. The molecule has 66 valence electrons. The smallest absolute Gasteiger partial charge is 0.130 e. The SMILES string of the molecule is CC(=O)CC(C)c1csc(C)c1. The van der Waals surface area contributed by atoms with Crippen LogP contribution in [0.4, 0.5) is 0 Å². The van der Waals surface area contributed by atoms with Crippen LogP contribution in [0.25, 0.3) is 0 Å². The number of hydrogen-bond acceptors (Lipinski definition) is 2. The summed E-state index contributed by atoms with van der Waals surface area (Å²) in [7, 11) is 0. The fraction of sp³-hybridized carbons (Fsp3) is 0.500. The normalized spacial score (nSPS) is 12.9. The van der Waals surface area contributed by atoms with Crippen molar-refractivity contribution in [3.05, 3.63) is 21.9 Å². The molecule has 1 rings (SSSR count). The summed E-state index contributed by atoms with van der Waals surface area (Å²) in [5.74, 6) is 0.652. The lowest BCUT2D eigenvalue weighted by Gasteiger charge is -2.05. The van der Waals surface area contributed by atoms with Crippen molar-refractivity contribution in [2.45, 2.75) is 33.1 Å². The van der Waals surface area contributed by atoms with Crippen molar-refractivity contribution >= 4 is 17.1 Å². The third-order valence-corrected chi connectivity index (χ3v) is 2.79. The highest BCUT2D eigenvalue weighted by Crippen LogP contribution is 2.24. The van der Waals surface area contributed by atoms with E-state index in [2.05, 4.69) is 25.3 Å². The summed E-state index contributed by atoms with van der Waals surface area (Å²) in [6.45, 7) is 5.84. The molecule has 1 nitrogen and oxygen atoms in total. The molecule has 0 aliphatic rings. The Morgan fingerprint density at radius 2 is 2.33 bits per heavy atom. The molecule has 0 aliphatic carbocycles. The molecular weight excluding hydrogens is 168 g/mol. The molecular formula is C10H14OS. The predicted octanol–water partition coefficient (Wildman–Crippen LogP) is 3.14. The summed E-state index contributed by atoms with van der Waals surface area (Å²) in [6.07, 6.45) is 0.663. The van der Waals surface area contributed by atoms with Crippen molar-refractivity contribution in [3.8, 4) is 0 Å². The van der Waals surface area contributed by atoms with Gasteiger partial charge in [0.25, 0.3) is 0 Å². The Balaban J connectivity index is 2.64. The average Bonchev–Trinajstić information content (AvgIpc) is 2.34. The van der Waals surface area contributed by atoms with Gasteiger partial charge in [0.05, 0.1) is 0 Å². The molecule has 1 atom stereocenters. The molecule has 0 saturated carbocycles. The number of rotatable bonds is 3. The quantitative estimate of drug-likeness (QED) is 0.702. The van der Waals surface area contributed by atoms with E-state index in [0.29, 0.717) is 12.3 Å². The zero-order valence-electron chi connectivity index (χ0n) is 7.76. The lowest BCUT2D eigenvalue weighted by atomic mass is 9.99. The topological polar surface area (TPSA) is 17.1 Å². The van der Waals surface area contributed by atoms with Crippen LogP contribution in [0.2, 0.25) is 0 Å². The Labute approximate surface area is 77.4 Å². The first-order chi connectivity index (χ1) is 5.59. The van der Waals surface area contributed by atoms with Gasteiger partial charge < -0.3 is 4.79 Å². The van der Waals surface area contributed by atoms with Crippen molar-refractivity contribution in [1.82, 2.24) is 0 Å². The highest BCUT2D eigenvalue weighted by Gasteiger charge is 2.08. The molecule has 1 aromatic rings. The van der Waals surface area contributed by atoms with Gasteiger partial charge in [0.15, 0.2) is 0 Å². The molecule has 0 spiro atoms. The van der Waals surface area contributed by atoms with Crippen molar-refractivity contribution in [1.29, 1.82) is 0 Å². The molecule has 0 fully saturated rings. The Hall–Kier alpha value is -0.630. The van der Waals surface area contributed by atoms with E-state index in [-0.39, 0.29) is 5.78 Å². The van der Waals surface area contributed by atoms with Crippen LogP contribution in [-0.2, 0) is 4.79 Å². The molecule has 1 aromatic heterocycles. The number of Topliss-reactive ketones (excluding diaryl/α,β-unsaturated/α-hetero) is 1. The summed E-state index contributed by atoms with van der Waals surface area (Å²) in [6, 6.07) is 2.16. The second kappa shape index (κ2) is 3.85. The van der Waals surface area contributed by atoms with Crippen molar-refractivity contribution in [2.24, 2.45) is 0 Å². The number of carbonyl (C=O) groups excluding carboxylic acids is 1. The van der Waals surface area contributed by atoms with E-state index in [1.54, 1.807) is 18.3 Å². The molecule has 1 heterocycles. The van der Waals surface area contributed by atoms with Gasteiger partial charge >= 0.3 is 0 Å². The minimum absolute atomic E-state index is 0.270. The molecule has 0 saturated heterocycles. The summed E-state index contributed by atoms with van der Waals surface area (Å²) in [4.78, 5) is 12.2. The Morgan fingerprint density at radius 1 is 1.67 bits per heavy atom. The zero-order valence-corrected chi connectivity index (χ0v) is 8.57. The number of hydrogen-bond donors (Lipinski definition) is 0. The second-order valence-corrected chi connectivity index (χ2v) is 4.41. The first-order valence-electron chi connectivity index (χ1n) is 4.14. The monoisotopic (exact) mass is 182 g/mol. The average molecular weight is 182 g/mol. The van der Waals surface area contributed by atoms with Gasteiger partial charge in [-0.2, -0.15) is 0 Å². The highest BCUT2D eigenvalue weighted by molar-refractivity contribution is 7.10. The second-order valence-electron chi connectivity index (χ2n) is 3.30. The van der Waals surface area contributed by atoms with E-state index in [4.69, 9.17) is 0 Å². The van der Waals surface area contributed by atoms with Gasteiger partial charge in [0.2, 0.25) is 0 Å². The molecule has 0 bridgehead atoms. The predicted molar refractivity (Wildman–Crippen MR) is 52.8 cm³/mol. The summed E-state index contributed by atoms with van der Waals surface area (Å²) < 4.78 is 0. The van der Waals surface area contributed by atoms with E-state index in [1.807, 2.05) is 0 Å². The van der Waals surface area contributed by atoms with Crippen LogP contribution in [0.5, 0.6) is 0 Å². The van der Waals surface area contributed by atoms with Crippen LogP contribution < -0.4 is 0 Å². The molecule has 0 radical (unpaired) electrons. The minimum atomic E-state index is 0.270. The lowest BCUT2D eigenvalue weighted by molar-refractivity contribution is -0.117. The Morgan fingerprint density at radius 3 is 2.75 bits per heavy atom. The third-order valence-electron chi connectivity index (χ3n) is 1.91. The summed E-state index contributed by atoms with van der Waals surface area (Å²) in [5.41, 5.74) is 1.30. The van der Waals surface area contributed by atoms with Crippen LogP contribution in [-0.4, -0.2) is 5.78 Å². The highest BCUT2D eigenvalue weighted by atomic mass is 32.1. The molecule has 0 aromatic carbocycles. The van der Waals surface area contributed by atoms with Gasteiger partial charge in [-0.3, -0.25) is 0 Å². The lowest BCUT2D eigenvalue weighted by Crippen LogP contribution is -1.98. The number of thiophene rings is 1. The molecule has 1 unspecified atom stereocenters.